The lowest BCUT2D eigenvalue weighted by molar-refractivity contribution is -0.132. The fourth-order valence-electron chi connectivity index (χ4n) is 2.90. The number of hydrogen-bond donors (Lipinski definition) is 1. The minimum absolute atomic E-state index is 0.223. The van der Waals surface area contributed by atoms with E-state index in [-0.39, 0.29) is 17.6 Å². The first-order valence-corrected chi connectivity index (χ1v) is 8.04. The molecule has 1 fully saturated rings. The van der Waals surface area contributed by atoms with Crippen LogP contribution in [0.5, 0.6) is 0 Å². The molecule has 1 aliphatic rings. The Hall–Kier alpha value is -2.69. The first kappa shape index (κ1) is 16.2. The first-order valence-electron chi connectivity index (χ1n) is 8.04. The lowest BCUT2D eigenvalue weighted by Gasteiger charge is -2.16. The topological polar surface area (TPSA) is 49.4 Å². The summed E-state index contributed by atoms with van der Waals surface area (Å²) in [4.78, 5) is 26.2. The summed E-state index contributed by atoms with van der Waals surface area (Å²) in [6, 6.07) is 15.6. The van der Waals surface area contributed by atoms with Crippen molar-refractivity contribution in [2.24, 2.45) is 5.92 Å². The highest BCUT2D eigenvalue weighted by atomic mass is 19.1. The molecule has 0 aromatic heterocycles. The number of nitrogens with zero attached hydrogens (tertiary/aromatic N) is 1. The van der Waals surface area contributed by atoms with Crippen molar-refractivity contribution in [2.75, 3.05) is 18.0 Å². The molecule has 0 saturated carbocycles. The Morgan fingerprint density at radius 2 is 1.83 bits per heavy atom. The summed E-state index contributed by atoms with van der Waals surface area (Å²) in [6.45, 7) is 0.977. The van der Waals surface area contributed by atoms with Crippen LogP contribution in [0.3, 0.4) is 0 Å². The lowest BCUT2D eigenvalue weighted by atomic mass is 10.1. The molecule has 1 heterocycles. The summed E-state index contributed by atoms with van der Waals surface area (Å²) in [5, 5.41) is 2.84. The van der Waals surface area contributed by atoms with Crippen LogP contribution in [-0.4, -0.2) is 24.9 Å². The Morgan fingerprint density at radius 1 is 1.12 bits per heavy atom. The molecule has 0 radical (unpaired) electrons. The quantitative estimate of drug-likeness (QED) is 0.859. The third-order valence-electron chi connectivity index (χ3n) is 4.22. The fraction of sp³-hybridized carbons (Fsp3) is 0.263. The van der Waals surface area contributed by atoms with Gasteiger partial charge in [-0.1, -0.05) is 30.3 Å². The van der Waals surface area contributed by atoms with E-state index in [2.05, 4.69) is 5.32 Å². The second-order valence-corrected chi connectivity index (χ2v) is 5.83. The van der Waals surface area contributed by atoms with Crippen LogP contribution in [0.15, 0.2) is 54.6 Å². The summed E-state index contributed by atoms with van der Waals surface area (Å²) in [5.74, 6) is -1.47. The van der Waals surface area contributed by atoms with Crippen molar-refractivity contribution < 1.29 is 14.0 Å². The van der Waals surface area contributed by atoms with E-state index in [9.17, 15) is 14.0 Å². The van der Waals surface area contributed by atoms with Crippen LogP contribution in [-0.2, 0) is 16.0 Å². The molecule has 124 valence electrons. The number of nitrogens with one attached hydrogen (secondary N) is 1. The minimum Gasteiger partial charge on any atom is -0.355 e. The Bertz CT molecular complexity index is 716. The van der Waals surface area contributed by atoms with Crippen LogP contribution in [0.2, 0.25) is 0 Å². The van der Waals surface area contributed by atoms with E-state index in [0.717, 1.165) is 12.0 Å². The zero-order valence-corrected chi connectivity index (χ0v) is 13.2. The molecule has 0 unspecified atom stereocenters. The molecule has 5 heteroatoms. The van der Waals surface area contributed by atoms with Gasteiger partial charge in [0.1, 0.15) is 11.7 Å². The largest absolute Gasteiger partial charge is 0.355 e. The van der Waals surface area contributed by atoms with Gasteiger partial charge < -0.3 is 10.2 Å². The van der Waals surface area contributed by atoms with Crippen LogP contribution >= 0.6 is 0 Å². The molecule has 0 spiro atoms. The number of hydrogen-bond acceptors (Lipinski definition) is 2. The number of benzene rings is 2. The van der Waals surface area contributed by atoms with Crippen LogP contribution < -0.4 is 10.2 Å². The van der Waals surface area contributed by atoms with Gasteiger partial charge in [-0.15, -0.1) is 0 Å². The third-order valence-corrected chi connectivity index (χ3v) is 4.22. The van der Waals surface area contributed by atoms with E-state index >= 15 is 0 Å². The van der Waals surface area contributed by atoms with Gasteiger partial charge in [-0.25, -0.2) is 4.39 Å². The van der Waals surface area contributed by atoms with Gasteiger partial charge >= 0.3 is 0 Å². The monoisotopic (exact) mass is 326 g/mol. The molecule has 1 aliphatic heterocycles. The van der Waals surface area contributed by atoms with Crippen molar-refractivity contribution in [1.82, 2.24) is 5.32 Å². The van der Waals surface area contributed by atoms with Crippen LogP contribution in [0.1, 0.15) is 12.0 Å². The van der Waals surface area contributed by atoms with Gasteiger partial charge in [0.05, 0.1) is 0 Å². The second-order valence-electron chi connectivity index (χ2n) is 5.83. The Balaban J connectivity index is 1.54. The second kappa shape index (κ2) is 7.25. The molecule has 24 heavy (non-hydrogen) atoms. The zero-order chi connectivity index (χ0) is 16.9. The summed E-state index contributed by atoms with van der Waals surface area (Å²) >= 11 is 0. The van der Waals surface area contributed by atoms with E-state index in [1.54, 1.807) is 17.0 Å². The molecule has 1 N–H and O–H groups in total. The Kier molecular flexibility index (Phi) is 4.89. The predicted octanol–water partition coefficient (Wildman–Crippen LogP) is 2.54. The van der Waals surface area contributed by atoms with Gasteiger partial charge in [-0.2, -0.15) is 0 Å². The highest BCUT2D eigenvalue weighted by Crippen LogP contribution is 2.25. The van der Waals surface area contributed by atoms with Gasteiger partial charge in [-0.3, -0.25) is 9.59 Å². The zero-order valence-electron chi connectivity index (χ0n) is 13.2. The molecular formula is C19H19FN2O2. The number of carbonyl (C=O) groups is 2. The molecular weight excluding hydrogens is 307 g/mol. The average molecular weight is 326 g/mol. The van der Waals surface area contributed by atoms with Gasteiger partial charge in [-0.05, 0) is 42.7 Å². The van der Waals surface area contributed by atoms with E-state index < -0.39 is 5.92 Å². The summed E-state index contributed by atoms with van der Waals surface area (Å²) < 4.78 is 13.0. The fourth-order valence-corrected chi connectivity index (χ4v) is 2.90. The number of carbonyl (C=O) groups excluding carboxylic acids is 2. The SMILES string of the molecule is O=C(NCCc1ccccc1)[C@@H]1CCN(c2ccc(F)cc2)C1=O. The van der Waals surface area contributed by atoms with E-state index in [4.69, 9.17) is 0 Å². The highest BCUT2D eigenvalue weighted by molar-refractivity contribution is 6.09. The number of anilines is 1. The Labute approximate surface area is 140 Å². The van der Waals surface area contributed by atoms with Crippen molar-refractivity contribution in [3.05, 3.63) is 66.0 Å². The van der Waals surface area contributed by atoms with E-state index in [1.165, 1.54) is 12.1 Å². The van der Waals surface area contributed by atoms with Crippen LogP contribution in [0.4, 0.5) is 10.1 Å². The molecule has 2 aromatic rings. The molecule has 0 aliphatic carbocycles. The number of halogens is 1. The highest BCUT2D eigenvalue weighted by Gasteiger charge is 2.37. The van der Waals surface area contributed by atoms with Gasteiger partial charge in [0.2, 0.25) is 11.8 Å². The molecule has 1 saturated heterocycles. The molecule has 4 nitrogen and oxygen atoms in total. The molecule has 2 amide bonds. The maximum Gasteiger partial charge on any atom is 0.239 e. The normalized spacial score (nSPS) is 17.1. The maximum absolute atomic E-state index is 13.0. The van der Waals surface area contributed by atoms with Crippen LogP contribution in [0, 0.1) is 11.7 Å². The maximum atomic E-state index is 13.0. The minimum atomic E-state index is -0.661. The van der Waals surface area contributed by atoms with E-state index in [1.807, 2.05) is 30.3 Å². The van der Waals surface area contributed by atoms with Crippen LogP contribution in [0.25, 0.3) is 0 Å². The van der Waals surface area contributed by atoms with Crippen molar-refractivity contribution in [2.45, 2.75) is 12.8 Å². The third kappa shape index (κ3) is 3.62. The van der Waals surface area contributed by atoms with Crippen molar-refractivity contribution in [1.29, 1.82) is 0 Å². The van der Waals surface area contributed by atoms with Gasteiger partial charge in [0, 0.05) is 18.8 Å². The van der Waals surface area contributed by atoms with Crippen molar-refractivity contribution >= 4 is 17.5 Å². The lowest BCUT2D eigenvalue weighted by Crippen LogP contribution is -2.37. The molecule has 0 bridgehead atoms. The van der Waals surface area contributed by atoms with Crippen molar-refractivity contribution in [3.63, 3.8) is 0 Å². The predicted molar refractivity (Wildman–Crippen MR) is 90.0 cm³/mol. The smallest absolute Gasteiger partial charge is 0.239 e. The first-order chi connectivity index (χ1) is 11.6. The summed E-state index contributed by atoms with van der Waals surface area (Å²) in [5.41, 5.74) is 1.77. The number of rotatable bonds is 5. The summed E-state index contributed by atoms with van der Waals surface area (Å²) in [6.07, 6.45) is 1.21. The average Bonchev–Trinajstić information content (AvgIpc) is 2.98. The molecule has 1 atom stereocenters. The Morgan fingerprint density at radius 3 is 2.54 bits per heavy atom. The standard InChI is InChI=1S/C19H19FN2O2/c20-15-6-8-16(9-7-15)22-13-11-17(19(22)24)18(23)21-12-10-14-4-2-1-3-5-14/h1-9,17H,10-13H2,(H,21,23)/t17-/m0/s1. The van der Waals surface area contributed by atoms with Gasteiger partial charge in [0.15, 0.2) is 0 Å². The summed E-state index contributed by atoms with van der Waals surface area (Å²) in [7, 11) is 0. The van der Waals surface area contributed by atoms with Crippen molar-refractivity contribution in [3.8, 4) is 0 Å². The van der Waals surface area contributed by atoms with Gasteiger partial charge in [0.25, 0.3) is 0 Å². The molecule has 2 aromatic carbocycles. The number of amides is 2. The van der Waals surface area contributed by atoms with E-state index in [0.29, 0.717) is 25.2 Å². The molecule has 3 rings (SSSR count).